The minimum absolute atomic E-state index is 0.0983. The van der Waals surface area contributed by atoms with Crippen LogP contribution in [-0.4, -0.2) is 13.4 Å². The molecular weight excluding hydrogens is 248 g/mol. The van der Waals surface area contributed by atoms with Gasteiger partial charge in [0.15, 0.2) is 0 Å². The van der Waals surface area contributed by atoms with Crippen molar-refractivity contribution in [3.05, 3.63) is 40.5 Å². The summed E-state index contributed by atoms with van der Waals surface area (Å²) in [5.41, 5.74) is 3.73. The first kappa shape index (κ1) is 11.2. The number of nitrogens with zero attached hydrogens (tertiary/aromatic N) is 1. The highest BCUT2D eigenvalue weighted by Crippen LogP contribution is 2.19. The van der Waals surface area contributed by atoms with Gasteiger partial charge in [-0.05, 0) is 19.1 Å². The summed E-state index contributed by atoms with van der Waals surface area (Å²) in [6.45, 7) is 1.62. The molecule has 0 radical (unpaired) electrons. The van der Waals surface area contributed by atoms with E-state index in [9.17, 15) is 8.42 Å². The summed E-state index contributed by atoms with van der Waals surface area (Å²) < 4.78 is 26.3. The van der Waals surface area contributed by atoms with Crippen LogP contribution in [0.4, 0.5) is 0 Å². The summed E-state index contributed by atoms with van der Waals surface area (Å²) in [7, 11) is -3.59. The van der Waals surface area contributed by atoms with Crippen molar-refractivity contribution in [3.8, 4) is 0 Å². The Morgan fingerprint density at radius 2 is 2.25 bits per heavy atom. The summed E-state index contributed by atoms with van der Waals surface area (Å²) >= 11 is 5.72. The topological polar surface area (TPSA) is 59.1 Å². The number of hydrogen-bond acceptors (Lipinski definition) is 3. The molecule has 0 atom stereocenters. The number of pyridine rings is 1. The van der Waals surface area contributed by atoms with Gasteiger partial charge >= 0.3 is 0 Å². The Bertz CT molecular complexity index is 601. The SMILES string of the molecule is Cc1ncc(Cl)cc1S(=O)(=O)NC1=C=CC1. The van der Waals surface area contributed by atoms with E-state index >= 15 is 0 Å². The Labute approximate surface area is 98.7 Å². The molecule has 1 heterocycles. The summed E-state index contributed by atoms with van der Waals surface area (Å²) in [6, 6.07) is 1.38. The van der Waals surface area contributed by atoms with Crippen LogP contribution in [0.5, 0.6) is 0 Å². The van der Waals surface area contributed by atoms with E-state index < -0.39 is 10.0 Å². The third-order valence-electron chi connectivity index (χ3n) is 2.14. The normalized spacial score (nSPS) is 14.2. The highest BCUT2D eigenvalue weighted by molar-refractivity contribution is 7.89. The van der Waals surface area contributed by atoms with E-state index in [1.807, 2.05) is 0 Å². The van der Waals surface area contributed by atoms with E-state index in [1.165, 1.54) is 12.3 Å². The molecule has 1 aromatic heterocycles. The maximum absolute atomic E-state index is 11.9. The minimum Gasteiger partial charge on any atom is -0.276 e. The van der Waals surface area contributed by atoms with Crippen molar-refractivity contribution in [2.75, 3.05) is 0 Å². The molecule has 6 heteroatoms. The number of halogens is 1. The molecule has 0 fully saturated rings. The van der Waals surface area contributed by atoms with Crippen LogP contribution in [-0.2, 0) is 10.0 Å². The maximum atomic E-state index is 11.9. The number of hydrogen-bond donors (Lipinski definition) is 1. The van der Waals surface area contributed by atoms with Crippen LogP contribution in [0, 0.1) is 6.92 Å². The van der Waals surface area contributed by atoms with Gasteiger partial charge in [-0.2, -0.15) is 0 Å². The van der Waals surface area contributed by atoms with Crippen LogP contribution in [0.15, 0.2) is 34.7 Å². The van der Waals surface area contributed by atoms with Crippen molar-refractivity contribution in [1.82, 2.24) is 9.71 Å². The molecule has 1 aliphatic carbocycles. The summed E-state index contributed by atoms with van der Waals surface area (Å²) in [4.78, 5) is 4.01. The van der Waals surface area contributed by atoms with E-state index in [0.717, 1.165) is 0 Å². The molecule has 0 spiro atoms. The van der Waals surface area contributed by atoms with E-state index in [0.29, 0.717) is 22.8 Å². The zero-order valence-electron chi connectivity index (χ0n) is 8.49. The lowest BCUT2D eigenvalue weighted by atomic mass is 10.2. The molecule has 84 valence electrons. The van der Waals surface area contributed by atoms with E-state index in [-0.39, 0.29) is 4.90 Å². The van der Waals surface area contributed by atoms with Gasteiger partial charge in [-0.1, -0.05) is 11.6 Å². The van der Waals surface area contributed by atoms with Crippen LogP contribution in [0.1, 0.15) is 12.1 Å². The summed E-state index contributed by atoms with van der Waals surface area (Å²) in [5.74, 6) is 0. The molecule has 1 N–H and O–H groups in total. The van der Waals surface area contributed by atoms with Gasteiger partial charge in [0.2, 0.25) is 0 Å². The van der Waals surface area contributed by atoms with Crippen LogP contribution < -0.4 is 4.72 Å². The van der Waals surface area contributed by atoms with Gasteiger partial charge in [0.1, 0.15) is 4.90 Å². The number of nitrogens with one attached hydrogen (secondary N) is 1. The Morgan fingerprint density at radius 3 is 2.81 bits per heavy atom. The summed E-state index contributed by atoms with van der Waals surface area (Å²) in [6.07, 6.45) is 3.76. The highest BCUT2D eigenvalue weighted by atomic mass is 35.5. The van der Waals surface area contributed by atoms with E-state index in [4.69, 9.17) is 11.6 Å². The lowest BCUT2D eigenvalue weighted by Gasteiger charge is -2.12. The standard InChI is InChI=1S/C10H9ClN2O2S/c1-7-10(5-8(11)6-12-7)16(14,15)13-9-3-2-4-9/h2,5-6,13H,3H2,1H3. The monoisotopic (exact) mass is 256 g/mol. The van der Waals surface area contributed by atoms with Crippen LogP contribution in [0.3, 0.4) is 0 Å². The second-order valence-corrected chi connectivity index (χ2v) is 5.46. The molecule has 0 amide bonds. The molecule has 0 unspecified atom stereocenters. The van der Waals surface area contributed by atoms with Gasteiger partial charge < -0.3 is 0 Å². The third kappa shape index (κ3) is 2.11. The Kier molecular flexibility index (Phi) is 2.76. The predicted molar refractivity (Wildman–Crippen MR) is 60.5 cm³/mol. The fourth-order valence-electron chi connectivity index (χ4n) is 1.25. The average Bonchev–Trinajstić information content (AvgIpc) is 2.16. The van der Waals surface area contributed by atoms with Crippen LogP contribution in [0.2, 0.25) is 5.02 Å². The van der Waals surface area contributed by atoms with Crippen molar-refractivity contribution >= 4 is 21.6 Å². The van der Waals surface area contributed by atoms with Crippen LogP contribution in [0.25, 0.3) is 0 Å². The molecule has 1 aromatic rings. The largest absolute Gasteiger partial charge is 0.276 e. The molecule has 0 saturated heterocycles. The first-order valence-electron chi connectivity index (χ1n) is 4.58. The molecular formula is C10H9ClN2O2S. The van der Waals surface area contributed by atoms with Gasteiger partial charge in [-0.25, -0.2) is 8.42 Å². The van der Waals surface area contributed by atoms with Gasteiger partial charge in [0.25, 0.3) is 10.0 Å². The van der Waals surface area contributed by atoms with Crippen LogP contribution >= 0.6 is 11.6 Å². The van der Waals surface area contributed by atoms with Gasteiger partial charge in [0.05, 0.1) is 16.4 Å². The summed E-state index contributed by atoms with van der Waals surface area (Å²) in [5, 5.41) is 0.295. The number of sulfonamides is 1. The maximum Gasteiger partial charge on any atom is 0.263 e. The first-order valence-corrected chi connectivity index (χ1v) is 6.44. The second-order valence-electron chi connectivity index (χ2n) is 3.37. The lowest BCUT2D eigenvalue weighted by molar-refractivity contribution is 0.586. The molecule has 2 rings (SSSR count). The lowest BCUT2D eigenvalue weighted by Crippen LogP contribution is -2.25. The zero-order chi connectivity index (χ0) is 11.8. The Hall–Kier alpha value is -1.29. The van der Waals surface area contributed by atoms with E-state index in [1.54, 1.807) is 13.0 Å². The first-order chi connectivity index (χ1) is 7.49. The highest BCUT2D eigenvalue weighted by Gasteiger charge is 2.20. The van der Waals surface area contributed by atoms with Crippen molar-refractivity contribution in [2.45, 2.75) is 18.2 Å². The number of rotatable bonds is 3. The molecule has 0 bridgehead atoms. The van der Waals surface area contributed by atoms with Crippen molar-refractivity contribution in [3.63, 3.8) is 0 Å². The quantitative estimate of drug-likeness (QED) is 0.839. The van der Waals surface area contributed by atoms with Crippen molar-refractivity contribution in [2.24, 2.45) is 0 Å². The second kappa shape index (κ2) is 3.94. The molecule has 16 heavy (non-hydrogen) atoms. The number of aromatic nitrogens is 1. The zero-order valence-corrected chi connectivity index (χ0v) is 10.1. The van der Waals surface area contributed by atoms with Gasteiger partial charge in [0, 0.05) is 12.6 Å². The molecule has 0 aromatic carbocycles. The third-order valence-corrected chi connectivity index (χ3v) is 3.85. The van der Waals surface area contributed by atoms with E-state index in [2.05, 4.69) is 15.4 Å². The fraction of sp³-hybridized carbons (Fsp3) is 0.200. The molecule has 4 nitrogen and oxygen atoms in total. The average molecular weight is 257 g/mol. The predicted octanol–water partition coefficient (Wildman–Crippen LogP) is 1.76. The minimum atomic E-state index is -3.59. The van der Waals surface area contributed by atoms with Gasteiger partial charge in [-0.15, -0.1) is 5.73 Å². The van der Waals surface area contributed by atoms with Gasteiger partial charge in [-0.3, -0.25) is 9.71 Å². The van der Waals surface area contributed by atoms with Crippen molar-refractivity contribution in [1.29, 1.82) is 0 Å². The molecule has 0 saturated carbocycles. The molecule has 1 aliphatic rings. The Morgan fingerprint density at radius 1 is 1.56 bits per heavy atom. The smallest absolute Gasteiger partial charge is 0.263 e. The fourth-order valence-corrected chi connectivity index (χ4v) is 2.78. The molecule has 0 aliphatic heterocycles. The Balaban J connectivity index is 2.42. The number of aryl methyl sites for hydroxylation is 1. The van der Waals surface area contributed by atoms with Crippen molar-refractivity contribution < 1.29 is 8.42 Å².